The summed E-state index contributed by atoms with van der Waals surface area (Å²) >= 11 is 1.14. The van der Waals surface area contributed by atoms with Crippen molar-refractivity contribution < 1.29 is 17.9 Å². The molecule has 3 rings (SSSR count). The van der Waals surface area contributed by atoms with E-state index < -0.39 is 10.0 Å². The molecule has 0 saturated heterocycles. The third-order valence-electron chi connectivity index (χ3n) is 4.34. The van der Waals surface area contributed by atoms with E-state index in [1.54, 1.807) is 35.7 Å². The summed E-state index contributed by atoms with van der Waals surface area (Å²) < 4.78 is 32.9. The van der Waals surface area contributed by atoms with E-state index in [1.165, 1.54) is 6.07 Å². The van der Waals surface area contributed by atoms with Gasteiger partial charge in [-0.1, -0.05) is 18.2 Å². The summed E-state index contributed by atoms with van der Waals surface area (Å²) in [7, 11) is 0.377. The summed E-state index contributed by atoms with van der Waals surface area (Å²) in [5.74, 6) is 0.552. The smallest absolute Gasteiger partial charge is 0.271 e. The first-order valence-corrected chi connectivity index (χ1v) is 12.0. The van der Waals surface area contributed by atoms with Crippen LogP contribution in [-0.2, 0) is 16.6 Å². The highest BCUT2D eigenvalue weighted by Crippen LogP contribution is 2.20. The molecular formula is C22H25N3O4S2. The molecule has 9 heteroatoms. The Morgan fingerprint density at radius 1 is 1.03 bits per heavy atom. The van der Waals surface area contributed by atoms with Crippen LogP contribution in [0.15, 0.2) is 70.3 Å². The van der Waals surface area contributed by atoms with Gasteiger partial charge in [-0.25, -0.2) is 8.42 Å². The minimum absolute atomic E-state index is 0.237. The van der Waals surface area contributed by atoms with Gasteiger partial charge in [0.1, 0.15) is 16.6 Å². The summed E-state index contributed by atoms with van der Waals surface area (Å²) in [6, 6.07) is 17.1. The Morgan fingerprint density at radius 3 is 2.35 bits per heavy atom. The Bertz CT molecular complexity index is 1080. The number of carbonyl (C=O) groups is 1. The second kappa shape index (κ2) is 10.4. The average molecular weight is 460 g/mol. The highest BCUT2D eigenvalue weighted by atomic mass is 32.2. The van der Waals surface area contributed by atoms with Crippen LogP contribution in [0.2, 0.25) is 0 Å². The lowest BCUT2D eigenvalue weighted by Crippen LogP contribution is -2.22. The fraction of sp³-hybridized carbons (Fsp3) is 0.227. The summed E-state index contributed by atoms with van der Waals surface area (Å²) in [5, 5.41) is 4.56. The van der Waals surface area contributed by atoms with Crippen molar-refractivity contribution in [3.63, 3.8) is 0 Å². The third-order valence-corrected chi connectivity index (χ3v) is 7.12. The van der Waals surface area contributed by atoms with Crippen molar-refractivity contribution in [2.24, 2.45) is 0 Å². The zero-order valence-electron chi connectivity index (χ0n) is 17.4. The summed E-state index contributed by atoms with van der Waals surface area (Å²) in [6.45, 7) is 1.83. The van der Waals surface area contributed by atoms with E-state index in [9.17, 15) is 13.2 Å². The molecule has 0 aliphatic rings. The maximum Gasteiger partial charge on any atom is 0.271 e. The minimum atomic E-state index is -3.61. The SMILES string of the molecule is CN(C)CCOc1ccc(CNC(=O)c2ccc(NS(=O)(=O)c3cccs3)cc2)cc1. The van der Waals surface area contributed by atoms with Gasteiger partial charge >= 0.3 is 0 Å². The fourth-order valence-corrected chi connectivity index (χ4v) is 4.70. The van der Waals surface area contributed by atoms with E-state index in [2.05, 4.69) is 14.9 Å². The van der Waals surface area contributed by atoms with Crippen molar-refractivity contribution in [1.82, 2.24) is 10.2 Å². The minimum Gasteiger partial charge on any atom is -0.492 e. The van der Waals surface area contributed by atoms with Crippen LogP contribution in [0.5, 0.6) is 5.75 Å². The Morgan fingerprint density at radius 2 is 1.74 bits per heavy atom. The predicted molar refractivity (Wildman–Crippen MR) is 123 cm³/mol. The lowest BCUT2D eigenvalue weighted by Gasteiger charge is -2.11. The average Bonchev–Trinajstić information content (AvgIpc) is 3.29. The van der Waals surface area contributed by atoms with Crippen LogP contribution in [0.3, 0.4) is 0 Å². The summed E-state index contributed by atoms with van der Waals surface area (Å²) in [4.78, 5) is 14.4. The van der Waals surface area contributed by atoms with Gasteiger partial charge in [-0.05, 0) is 67.5 Å². The molecule has 0 aliphatic heterocycles. The van der Waals surface area contributed by atoms with Gasteiger partial charge in [-0.3, -0.25) is 9.52 Å². The number of nitrogens with zero attached hydrogens (tertiary/aromatic N) is 1. The molecule has 31 heavy (non-hydrogen) atoms. The number of hydrogen-bond donors (Lipinski definition) is 2. The molecule has 2 N–H and O–H groups in total. The topological polar surface area (TPSA) is 87.7 Å². The third kappa shape index (κ3) is 6.81. The lowest BCUT2D eigenvalue weighted by molar-refractivity contribution is 0.0951. The Hall–Kier alpha value is -2.88. The predicted octanol–water partition coefficient (Wildman–Crippen LogP) is 3.42. The summed E-state index contributed by atoms with van der Waals surface area (Å²) in [6.07, 6.45) is 0. The monoisotopic (exact) mass is 459 g/mol. The summed E-state index contributed by atoms with van der Waals surface area (Å²) in [5.41, 5.74) is 1.80. The van der Waals surface area contributed by atoms with Crippen LogP contribution in [-0.4, -0.2) is 46.5 Å². The number of nitrogens with one attached hydrogen (secondary N) is 2. The Labute approximate surface area is 186 Å². The number of hydrogen-bond acceptors (Lipinski definition) is 6. The molecule has 0 aliphatic carbocycles. The molecule has 0 fully saturated rings. The fourth-order valence-electron chi connectivity index (χ4n) is 2.65. The molecule has 164 valence electrons. The Balaban J connectivity index is 1.50. The van der Waals surface area contributed by atoms with E-state index in [4.69, 9.17) is 4.74 Å². The van der Waals surface area contributed by atoms with Crippen LogP contribution in [0.1, 0.15) is 15.9 Å². The second-order valence-electron chi connectivity index (χ2n) is 7.09. The molecule has 1 amide bonds. The van der Waals surface area contributed by atoms with Crippen molar-refractivity contribution in [3.05, 3.63) is 77.2 Å². The molecule has 0 bridgehead atoms. The maximum absolute atomic E-state index is 12.4. The molecule has 0 atom stereocenters. The van der Waals surface area contributed by atoms with Crippen molar-refractivity contribution in [2.45, 2.75) is 10.8 Å². The highest BCUT2D eigenvalue weighted by molar-refractivity contribution is 7.94. The molecule has 0 saturated carbocycles. The van der Waals surface area contributed by atoms with Gasteiger partial charge in [0, 0.05) is 24.3 Å². The van der Waals surface area contributed by atoms with E-state index >= 15 is 0 Å². The number of thiophene rings is 1. The quantitative estimate of drug-likeness (QED) is 0.485. The van der Waals surface area contributed by atoms with Gasteiger partial charge in [0.2, 0.25) is 0 Å². The first kappa shape index (κ1) is 22.8. The van der Waals surface area contributed by atoms with Gasteiger partial charge in [0.05, 0.1) is 0 Å². The van der Waals surface area contributed by atoms with Crippen molar-refractivity contribution in [1.29, 1.82) is 0 Å². The number of rotatable bonds is 10. The molecule has 0 unspecified atom stereocenters. The maximum atomic E-state index is 12.4. The van der Waals surface area contributed by atoms with Crippen molar-refractivity contribution in [2.75, 3.05) is 32.0 Å². The molecule has 1 aromatic heterocycles. The van der Waals surface area contributed by atoms with Gasteiger partial charge in [0.25, 0.3) is 15.9 Å². The van der Waals surface area contributed by atoms with Crippen LogP contribution >= 0.6 is 11.3 Å². The highest BCUT2D eigenvalue weighted by Gasteiger charge is 2.15. The molecule has 0 radical (unpaired) electrons. The second-order valence-corrected chi connectivity index (χ2v) is 9.95. The molecular weight excluding hydrogens is 434 g/mol. The normalized spacial score (nSPS) is 11.3. The molecule has 2 aromatic carbocycles. The number of amides is 1. The Kier molecular flexibility index (Phi) is 7.67. The molecule has 0 spiro atoms. The van der Waals surface area contributed by atoms with E-state index in [0.717, 1.165) is 29.2 Å². The van der Waals surface area contributed by atoms with E-state index in [1.807, 2.05) is 38.4 Å². The van der Waals surface area contributed by atoms with Gasteiger partial charge < -0.3 is 15.0 Å². The first-order chi connectivity index (χ1) is 14.8. The zero-order valence-corrected chi connectivity index (χ0v) is 19.0. The number of carbonyl (C=O) groups excluding carboxylic acids is 1. The van der Waals surface area contributed by atoms with Crippen LogP contribution in [0.25, 0.3) is 0 Å². The van der Waals surface area contributed by atoms with Crippen molar-refractivity contribution >= 4 is 33.0 Å². The standard InChI is InChI=1S/C22H25N3O4S2/c1-25(2)13-14-29-20-11-5-17(6-12-20)16-23-22(26)18-7-9-19(10-8-18)24-31(27,28)21-4-3-15-30-21/h3-12,15,24H,13-14,16H2,1-2H3,(H,23,26). The van der Waals surface area contributed by atoms with Gasteiger partial charge in [0.15, 0.2) is 0 Å². The number of anilines is 1. The number of ether oxygens (including phenoxy) is 1. The van der Waals surface area contributed by atoms with Gasteiger partial charge in [-0.15, -0.1) is 11.3 Å². The van der Waals surface area contributed by atoms with Crippen LogP contribution < -0.4 is 14.8 Å². The molecule has 1 heterocycles. The number of benzene rings is 2. The molecule has 3 aromatic rings. The van der Waals surface area contributed by atoms with E-state index in [-0.39, 0.29) is 10.1 Å². The van der Waals surface area contributed by atoms with Crippen LogP contribution in [0, 0.1) is 0 Å². The van der Waals surface area contributed by atoms with E-state index in [0.29, 0.717) is 24.4 Å². The molecule has 7 nitrogen and oxygen atoms in total. The zero-order chi connectivity index (χ0) is 22.3. The first-order valence-electron chi connectivity index (χ1n) is 9.64. The van der Waals surface area contributed by atoms with Crippen LogP contribution in [0.4, 0.5) is 5.69 Å². The lowest BCUT2D eigenvalue weighted by atomic mass is 10.2. The largest absolute Gasteiger partial charge is 0.492 e. The van der Waals surface area contributed by atoms with Crippen molar-refractivity contribution in [3.8, 4) is 5.75 Å². The van der Waals surface area contributed by atoms with Gasteiger partial charge in [-0.2, -0.15) is 0 Å². The number of likely N-dealkylation sites (N-methyl/N-ethyl adjacent to an activating group) is 1. The number of sulfonamides is 1.